The highest BCUT2D eigenvalue weighted by Gasteiger charge is 2.12. The van der Waals surface area contributed by atoms with E-state index in [9.17, 15) is 0 Å². The zero-order chi connectivity index (χ0) is 56.1. The van der Waals surface area contributed by atoms with Gasteiger partial charge in [0.2, 0.25) is 11.8 Å². The number of hydrogen-bond donors (Lipinski definition) is 0. The maximum Gasteiger partial charge on any atom is 0.248 e. The van der Waals surface area contributed by atoms with Crippen molar-refractivity contribution in [2.75, 3.05) is 0 Å². The molecule has 83 heavy (non-hydrogen) atoms. The van der Waals surface area contributed by atoms with E-state index in [-0.39, 0.29) is 0 Å². The van der Waals surface area contributed by atoms with Crippen LogP contribution in [0.4, 0.5) is 0 Å². The Morgan fingerprint density at radius 1 is 0.217 bits per heavy atom. The Bertz CT molecular complexity index is 3730. The molecule has 11 aromatic rings. The van der Waals surface area contributed by atoms with Crippen molar-refractivity contribution in [1.82, 2.24) is 10.2 Å². The molecule has 0 aliphatic rings. The van der Waals surface area contributed by atoms with Crippen molar-refractivity contribution in [3.63, 3.8) is 0 Å². The Labute approximate surface area is 490 Å². The first-order valence-corrected chi connectivity index (χ1v) is 28.8. The standard InChI is InChI=1S/C80H66N2O/c1-3-11-61(12-4-1)23-29-65-35-41-69(42-36-65)47-53-73-55-49-71(50-56-73)45-39-67-31-25-63(26-32-67)15-7-17-75-19-9-21-77(59-75)79-81-82-80(83-79)78-22-10-20-76(60-78)18-8-16-64-27-33-68(34-28-64)40-46-72-51-57-74(58-52-72)54-48-70-43-37-66(38-44-70)30-24-62-13-5-2-6-14-62/h1-6,9-14,19-60H,7-8,15-18H2. The summed E-state index contributed by atoms with van der Waals surface area (Å²) in [6, 6.07) is 90.2. The predicted molar refractivity (Wildman–Crippen MR) is 354 cm³/mol. The lowest BCUT2D eigenvalue weighted by Gasteiger charge is -2.05. The highest BCUT2D eigenvalue weighted by Crippen LogP contribution is 2.27. The molecule has 3 nitrogen and oxygen atoms in total. The van der Waals surface area contributed by atoms with Crippen LogP contribution in [-0.2, 0) is 25.7 Å². The van der Waals surface area contributed by atoms with Gasteiger partial charge in [-0.2, -0.15) is 0 Å². The Morgan fingerprint density at radius 3 is 0.711 bits per heavy atom. The lowest BCUT2D eigenvalue weighted by atomic mass is 10.0. The SMILES string of the molecule is C(=Cc1ccc(C=Cc2ccc(C=Cc3ccc(CCCc4cccc(-c5nnc(-c6cccc(CCCc7ccc(C=Cc8ccc(C=Cc9ccc(C=Cc%10ccccc%10)cc9)cc8)cc7)c6)o5)c4)cc3)cc2)cc1)c1ccccc1. The van der Waals surface area contributed by atoms with Crippen LogP contribution in [0.2, 0.25) is 0 Å². The fourth-order valence-corrected chi connectivity index (χ4v) is 9.92. The second-order valence-electron chi connectivity index (χ2n) is 21.0. The molecule has 0 atom stereocenters. The molecule has 0 fully saturated rings. The van der Waals surface area contributed by atoms with Crippen LogP contribution in [0, 0.1) is 0 Å². The smallest absolute Gasteiger partial charge is 0.248 e. The van der Waals surface area contributed by atoms with Gasteiger partial charge in [0.05, 0.1) is 0 Å². The molecule has 0 aliphatic carbocycles. The number of nitrogens with zero attached hydrogens (tertiary/aromatic N) is 2. The van der Waals surface area contributed by atoms with Crippen LogP contribution in [0.25, 0.3) is 95.8 Å². The Hall–Kier alpha value is -10.2. The summed E-state index contributed by atoms with van der Waals surface area (Å²) in [4.78, 5) is 0. The number of hydrogen-bond acceptors (Lipinski definition) is 3. The third-order valence-electron chi connectivity index (χ3n) is 14.7. The summed E-state index contributed by atoms with van der Waals surface area (Å²) in [6.45, 7) is 0. The molecule has 0 saturated heterocycles. The quantitative estimate of drug-likeness (QED) is 0.0635. The first-order valence-electron chi connectivity index (χ1n) is 28.8. The van der Waals surface area contributed by atoms with E-state index in [1.165, 1.54) is 89.0 Å². The molecule has 0 radical (unpaired) electrons. The molecule has 0 amide bonds. The number of benzene rings is 10. The molecular weight excluding hydrogens is 1000 g/mol. The summed E-state index contributed by atoms with van der Waals surface area (Å²) in [5.74, 6) is 1.08. The van der Waals surface area contributed by atoms with E-state index in [2.05, 4.69) is 326 Å². The largest absolute Gasteiger partial charge is 0.416 e. The number of aromatic nitrogens is 2. The third-order valence-corrected chi connectivity index (χ3v) is 14.7. The van der Waals surface area contributed by atoms with Crippen LogP contribution in [0.1, 0.15) is 102 Å². The molecule has 10 aromatic carbocycles. The maximum absolute atomic E-state index is 6.29. The molecule has 0 saturated carbocycles. The van der Waals surface area contributed by atoms with Gasteiger partial charge in [-0.1, -0.05) is 303 Å². The van der Waals surface area contributed by atoms with Crippen molar-refractivity contribution in [2.45, 2.75) is 38.5 Å². The van der Waals surface area contributed by atoms with Crippen molar-refractivity contribution in [3.8, 4) is 22.9 Å². The van der Waals surface area contributed by atoms with Crippen LogP contribution in [0.3, 0.4) is 0 Å². The molecule has 0 bridgehead atoms. The highest BCUT2D eigenvalue weighted by atomic mass is 16.4. The summed E-state index contributed by atoms with van der Waals surface area (Å²) in [5.41, 5.74) is 21.3. The first-order chi connectivity index (χ1) is 41.0. The lowest BCUT2D eigenvalue weighted by Crippen LogP contribution is -1.91. The summed E-state index contributed by atoms with van der Waals surface area (Å²) in [5, 5.41) is 8.95. The average Bonchev–Trinajstić information content (AvgIpc) is 4.08. The molecule has 0 spiro atoms. The fraction of sp³-hybridized carbons (Fsp3) is 0.0750. The molecule has 11 rings (SSSR count). The van der Waals surface area contributed by atoms with E-state index in [0.29, 0.717) is 11.8 Å². The highest BCUT2D eigenvalue weighted by molar-refractivity contribution is 5.77. The second kappa shape index (κ2) is 28.3. The average molecular weight is 1070 g/mol. The molecule has 402 valence electrons. The minimum absolute atomic E-state index is 0.541. The summed E-state index contributed by atoms with van der Waals surface area (Å²) < 4.78 is 6.29. The second-order valence-corrected chi connectivity index (χ2v) is 21.0. The first kappa shape index (κ1) is 54.7. The van der Waals surface area contributed by atoms with Crippen molar-refractivity contribution in [2.24, 2.45) is 0 Å². The van der Waals surface area contributed by atoms with E-state index < -0.39 is 0 Å². The minimum Gasteiger partial charge on any atom is -0.416 e. The summed E-state index contributed by atoms with van der Waals surface area (Å²) in [7, 11) is 0. The molecule has 1 heterocycles. The van der Waals surface area contributed by atoms with Gasteiger partial charge in [0.1, 0.15) is 0 Å². The predicted octanol–water partition coefficient (Wildman–Crippen LogP) is 20.8. The Kier molecular flexibility index (Phi) is 18.6. The van der Waals surface area contributed by atoms with Crippen molar-refractivity contribution in [3.05, 3.63) is 344 Å². The van der Waals surface area contributed by atoms with Gasteiger partial charge in [0.15, 0.2) is 0 Å². The lowest BCUT2D eigenvalue weighted by molar-refractivity contribution is 0.584. The topological polar surface area (TPSA) is 38.9 Å². The van der Waals surface area contributed by atoms with Crippen molar-refractivity contribution >= 4 is 72.9 Å². The van der Waals surface area contributed by atoms with E-state index in [4.69, 9.17) is 4.42 Å². The molecular formula is C80H66N2O. The normalized spacial score (nSPS) is 11.9. The van der Waals surface area contributed by atoms with Crippen molar-refractivity contribution < 1.29 is 4.42 Å². The van der Waals surface area contributed by atoms with Gasteiger partial charge in [-0.15, -0.1) is 10.2 Å². The van der Waals surface area contributed by atoms with Crippen LogP contribution < -0.4 is 0 Å². The van der Waals surface area contributed by atoms with Gasteiger partial charge in [0.25, 0.3) is 0 Å². The summed E-state index contributed by atoms with van der Waals surface area (Å²) in [6.07, 6.45) is 32.0. The number of aryl methyl sites for hydroxylation is 4. The van der Waals surface area contributed by atoms with Crippen LogP contribution in [0.5, 0.6) is 0 Å². The van der Waals surface area contributed by atoms with Crippen LogP contribution in [-0.4, -0.2) is 10.2 Å². The Balaban J connectivity index is 0.591. The zero-order valence-corrected chi connectivity index (χ0v) is 46.7. The van der Waals surface area contributed by atoms with Crippen LogP contribution in [0.15, 0.2) is 259 Å². The zero-order valence-electron chi connectivity index (χ0n) is 46.7. The third kappa shape index (κ3) is 16.7. The molecule has 0 aliphatic heterocycles. The molecule has 0 unspecified atom stereocenters. The van der Waals surface area contributed by atoms with E-state index in [1.54, 1.807) is 0 Å². The van der Waals surface area contributed by atoms with E-state index in [0.717, 1.165) is 49.7 Å². The fourth-order valence-electron chi connectivity index (χ4n) is 9.92. The van der Waals surface area contributed by atoms with E-state index >= 15 is 0 Å². The monoisotopic (exact) mass is 1070 g/mol. The van der Waals surface area contributed by atoms with Gasteiger partial charge in [-0.05, 0) is 152 Å². The van der Waals surface area contributed by atoms with Gasteiger partial charge >= 0.3 is 0 Å². The van der Waals surface area contributed by atoms with Crippen LogP contribution >= 0.6 is 0 Å². The molecule has 0 N–H and O–H groups in total. The Morgan fingerprint density at radius 2 is 0.446 bits per heavy atom. The maximum atomic E-state index is 6.29. The summed E-state index contributed by atoms with van der Waals surface area (Å²) >= 11 is 0. The van der Waals surface area contributed by atoms with Gasteiger partial charge in [0, 0.05) is 11.1 Å². The van der Waals surface area contributed by atoms with Crippen molar-refractivity contribution in [1.29, 1.82) is 0 Å². The van der Waals surface area contributed by atoms with Gasteiger partial charge < -0.3 is 4.42 Å². The number of rotatable bonds is 22. The van der Waals surface area contributed by atoms with Gasteiger partial charge in [-0.3, -0.25) is 0 Å². The molecule has 1 aromatic heterocycles. The molecule has 3 heteroatoms. The van der Waals surface area contributed by atoms with E-state index in [1.807, 2.05) is 12.1 Å². The van der Waals surface area contributed by atoms with Gasteiger partial charge in [-0.25, -0.2) is 0 Å². The minimum atomic E-state index is 0.541.